The van der Waals surface area contributed by atoms with Crippen LogP contribution in [0.2, 0.25) is 0 Å². The Balaban J connectivity index is 2.51. The Labute approximate surface area is 102 Å². The van der Waals surface area contributed by atoms with E-state index in [2.05, 4.69) is 32.6 Å². The Bertz CT molecular complexity index is 195. The molecule has 1 unspecified atom stereocenters. The van der Waals surface area contributed by atoms with Gasteiger partial charge in [-0.3, -0.25) is 4.90 Å². The normalized spacial score (nSPS) is 23.6. The van der Waals surface area contributed by atoms with Crippen LogP contribution in [-0.2, 0) is 0 Å². The number of rotatable bonds is 5. The van der Waals surface area contributed by atoms with E-state index >= 15 is 0 Å². The first-order valence-corrected chi connectivity index (χ1v) is 6.99. The topological polar surface area (TPSA) is 29.3 Å². The highest BCUT2D eigenvalue weighted by atomic mass is 15.2. The molecule has 1 aliphatic rings. The van der Waals surface area contributed by atoms with Crippen molar-refractivity contribution in [1.82, 2.24) is 4.90 Å². The summed E-state index contributed by atoms with van der Waals surface area (Å²) in [6.07, 6.45) is 5.49. The van der Waals surface area contributed by atoms with Gasteiger partial charge in [0.05, 0.1) is 0 Å². The summed E-state index contributed by atoms with van der Waals surface area (Å²) in [6.45, 7) is 12.5. The summed E-state index contributed by atoms with van der Waals surface area (Å²) < 4.78 is 0. The van der Waals surface area contributed by atoms with E-state index in [0.717, 1.165) is 12.5 Å². The van der Waals surface area contributed by atoms with Gasteiger partial charge in [-0.2, -0.15) is 0 Å². The monoisotopic (exact) mass is 226 g/mol. The van der Waals surface area contributed by atoms with Crippen molar-refractivity contribution in [2.45, 2.75) is 58.9 Å². The van der Waals surface area contributed by atoms with Gasteiger partial charge in [0.1, 0.15) is 0 Å². The lowest BCUT2D eigenvalue weighted by molar-refractivity contribution is 0.0330. The Kier molecular flexibility index (Phi) is 5.26. The van der Waals surface area contributed by atoms with Gasteiger partial charge in [-0.25, -0.2) is 0 Å². The summed E-state index contributed by atoms with van der Waals surface area (Å²) >= 11 is 0. The van der Waals surface area contributed by atoms with Crippen LogP contribution in [0.4, 0.5) is 0 Å². The van der Waals surface area contributed by atoms with E-state index in [1.165, 1.54) is 38.8 Å². The van der Waals surface area contributed by atoms with Crippen LogP contribution in [0.5, 0.6) is 0 Å². The molecule has 0 bridgehead atoms. The van der Waals surface area contributed by atoms with Gasteiger partial charge in [0.25, 0.3) is 0 Å². The Morgan fingerprint density at radius 1 is 1.31 bits per heavy atom. The highest BCUT2D eigenvalue weighted by Crippen LogP contribution is 2.30. The van der Waals surface area contributed by atoms with Crippen molar-refractivity contribution >= 4 is 0 Å². The maximum absolute atomic E-state index is 5.99. The standard InChI is InChI=1S/C14H30N2/c1-5-6-13-7-9-16(10-8-13)14(4,11-15)12(2)3/h12-13H,5-11,15H2,1-4H3. The molecule has 1 rings (SSSR count). The lowest BCUT2D eigenvalue weighted by Crippen LogP contribution is -2.57. The first-order chi connectivity index (χ1) is 7.54. The zero-order valence-electron chi connectivity index (χ0n) is 11.6. The molecule has 0 aliphatic carbocycles. The van der Waals surface area contributed by atoms with E-state index in [9.17, 15) is 0 Å². The number of piperidine rings is 1. The summed E-state index contributed by atoms with van der Waals surface area (Å²) in [4.78, 5) is 2.63. The third-order valence-corrected chi connectivity index (χ3v) is 4.69. The molecule has 16 heavy (non-hydrogen) atoms. The van der Waals surface area contributed by atoms with Gasteiger partial charge in [0.15, 0.2) is 0 Å². The Hall–Kier alpha value is -0.0800. The van der Waals surface area contributed by atoms with Gasteiger partial charge in [-0.05, 0) is 44.7 Å². The minimum absolute atomic E-state index is 0.206. The molecule has 0 aromatic rings. The van der Waals surface area contributed by atoms with E-state index in [4.69, 9.17) is 5.73 Å². The second kappa shape index (κ2) is 6.02. The fraction of sp³-hybridized carbons (Fsp3) is 1.00. The lowest BCUT2D eigenvalue weighted by Gasteiger charge is -2.47. The summed E-state index contributed by atoms with van der Waals surface area (Å²) in [6, 6.07) is 0. The first kappa shape index (κ1) is 14.0. The summed E-state index contributed by atoms with van der Waals surface area (Å²) in [5.41, 5.74) is 6.20. The smallest absolute Gasteiger partial charge is 0.0326 e. The molecule has 1 heterocycles. The van der Waals surface area contributed by atoms with Crippen LogP contribution in [-0.4, -0.2) is 30.1 Å². The van der Waals surface area contributed by atoms with Gasteiger partial charge in [0.2, 0.25) is 0 Å². The number of hydrogen-bond acceptors (Lipinski definition) is 2. The quantitative estimate of drug-likeness (QED) is 0.781. The molecule has 0 aromatic heterocycles. The van der Waals surface area contributed by atoms with Crippen LogP contribution >= 0.6 is 0 Å². The molecule has 2 nitrogen and oxygen atoms in total. The van der Waals surface area contributed by atoms with E-state index in [-0.39, 0.29) is 5.54 Å². The van der Waals surface area contributed by atoms with E-state index in [1.807, 2.05) is 0 Å². The van der Waals surface area contributed by atoms with Crippen LogP contribution in [0, 0.1) is 11.8 Å². The van der Waals surface area contributed by atoms with Gasteiger partial charge in [-0.15, -0.1) is 0 Å². The number of nitrogens with zero attached hydrogens (tertiary/aromatic N) is 1. The summed E-state index contributed by atoms with van der Waals surface area (Å²) in [7, 11) is 0. The number of nitrogens with two attached hydrogens (primary N) is 1. The zero-order chi connectivity index (χ0) is 12.2. The molecule has 0 amide bonds. The van der Waals surface area contributed by atoms with Crippen LogP contribution in [0.25, 0.3) is 0 Å². The van der Waals surface area contributed by atoms with Gasteiger partial charge >= 0.3 is 0 Å². The van der Waals surface area contributed by atoms with Gasteiger partial charge < -0.3 is 5.73 Å². The molecular formula is C14H30N2. The fourth-order valence-electron chi connectivity index (χ4n) is 2.87. The molecular weight excluding hydrogens is 196 g/mol. The van der Waals surface area contributed by atoms with Gasteiger partial charge in [-0.1, -0.05) is 33.6 Å². The van der Waals surface area contributed by atoms with E-state index in [1.54, 1.807) is 0 Å². The lowest BCUT2D eigenvalue weighted by atomic mass is 9.83. The average Bonchev–Trinajstić information content (AvgIpc) is 2.29. The molecule has 1 atom stereocenters. The highest BCUT2D eigenvalue weighted by Gasteiger charge is 2.35. The van der Waals surface area contributed by atoms with Crippen LogP contribution in [0.15, 0.2) is 0 Å². The predicted molar refractivity (Wildman–Crippen MR) is 71.5 cm³/mol. The van der Waals surface area contributed by atoms with Crippen molar-refractivity contribution in [3.8, 4) is 0 Å². The minimum Gasteiger partial charge on any atom is -0.329 e. The molecule has 1 aliphatic heterocycles. The molecule has 1 saturated heterocycles. The van der Waals surface area contributed by atoms with Crippen molar-refractivity contribution in [3.63, 3.8) is 0 Å². The second-order valence-electron chi connectivity index (χ2n) is 5.94. The molecule has 96 valence electrons. The Morgan fingerprint density at radius 2 is 1.88 bits per heavy atom. The van der Waals surface area contributed by atoms with Crippen molar-refractivity contribution < 1.29 is 0 Å². The summed E-state index contributed by atoms with van der Waals surface area (Å²) in [5.74, 6) is 1.61. The fourth-order valence-corrected chi connectivity index (χ4v) is 2.87. The predicted octanol–water partition coefficient (Wildman–Crippen LogP) is 2.87. The molecule has 2 N–H and O–H groups in total. The number of likely N-dealkylation sites (tertiary alicyclic amines) is 1. The van der Waals surface area contributed by atoms with E-state index in [0.29, 0.717) is 5.92 Å². The molecule has 0 saturated carbocycles. The maximum Gasteiger partial charge on any atom is 0.0326 e. The number of hydrogen-bond donors (Lipinski definition) is 1. The highest BCUT2D eigenvalue weighted by molar-refractivity contribution is 4.92. The SMILES string of the molecule is CCCC1CCN(C(C)(CN)C(C)C)CC1. The van der Waals surface area contributed by atoms with Crippen LogP contribution in [0.3, 0.4) is 0 Å². The molecule has 0 spiro atoms. The zero-order valence-corrected chi connectivity index (χ0v) is 11.6. The second-order valence-corrected chi connectivity index (χ2v) is 5.94. The van der Waals surface area contributed by atoms with Crippen molar-refractivity contribution in [1.29, 1.82) is 0 Å². The third-order valence-electron chi connectivity index (χ3n) is 4.69. The van der Waals surface area contributed by atoms with Crippen LogP contribution < -0.4 is 5.73 Å². The van der Waals surface area contributed by atoms with Crippen molar-refractivity contribution in [3.05, 3.63) is 0 Å². The van der Waals surface area contributed by atoms with Crippen molar-refractivity contribution in [2.75, 3.05) is 19.6 Å². The third kappa shape index (κ3) is 2.98. The van der Waals surface area contributed by atoms with Gasteiger partial charge in [0, 0.05) is 12.1 Å². The minimum atomic E-state index is 0.206. The van der Waals surface area contributed by atoms with Crippen molar-refractivity contribution in [2.24, 2.45) is 17.6 Å². The first-order valence-electron chi connectivity index (χ1n) is 6.99. The molecule has 1 fully saturated rings. The average molecular weight is 226 g/mol. The Morgan fingerprint density at radius 3 is 2.25 bits per heavy atom. The van der Waals surface area contributed by atoms with Crippen LogP contribution in [0.1, 0.15) is 53.4 Å². The largest absolute Gasteiger partial charge is 0.329 e. The maximum atomic E-state index is 5.99. The molecule has 2 heteroatoms. The summed E-state index contributed by atoms with van der Waals surface area (Å²) in [5, 5.41) is 0. The van der Waals surface area contributed by atoms with E-state index < -0.39 is 0 Å². The molecule has 0 radical (unpaired) electrons. The molecule has 0 aromatic carbocycles.